The number of carbonyl (C=O) groups is 1. The molecule has 0 amide bonds. The molecular formula is C15H18O3. The lowest BCUT2D eigenvalue weighted by Gasteiger charge is -2.25. The van der Waals surface area contributed by atoms with Gasteiger partial charge in [-0.1, -0.05) is 18.2 Å². The summed E-state index contributed by atoms with van der Waals surface area (Å²) in [5, 5.41) is 0. The van der Waals surface area contributed by atoms with E-state index in [1.165, 1.54) is 5.56 Å². The summed E-state index contributed by atoms with van der Waals surface area (Å²) in [6.07, 6.45) is 1.80. The number of Topliss-reactive ketones (excluding diaryl/α,β-unsaturated/α-hetero) is 1. The SMILES string of the molecule is CC1(C)Cc2cccc(C3CC(=O)CCO3)c2O1. The highest BCUT2D eigenvalue weighted by molar-refractivity contribution is 5.80. The van der Waals surface area contributed by atoms with Crippen LogP contribution < -0.4 is 4.74 Å². The molecule has 96 valence electrons. The first-order valence-corrected chi connectivity index (χ1v) is 6.49. The average Bonchev–Trinajstić information content (AvgIpc) is 2.62. The molecule has 1 fully saturated rings. The molecule has 1 saturated heterocycles. The molecule has 1 aromatic rings. The van der Waals surface area contributed by atoms with Crippen LogP contribution in [-0.4, -0.2) is 18.0 Å². The molecule has 0 N–H and O–H groups in total. The normalized spacial score (nSPS) is 25.7. The molecule has 1 unspecified atom stereocenters. The fourth-order valence-electron chi connectivity index (χ4n) is 2.78. The zero-order valence-corrected chi connectivity index (χ0v) is 10.9. The third-order valence-electron chi connectivity index (χ3n) is 3.58. The lowest BCUT2D eigenvalue weighted by Crippen LogP contribution is -2.25. The summed E-state index contributed by atoms with van der Waals surface area (Å²) in [4.78, 5) is 11.6. The highest BCUT2D eigenvalue weighted by Crippen LogP contribution is 2.42. The van der Waals surface area contributed by atoms with Gasteiger partial charge in [-0.2, -0.15) is 0 Å². The Morgan fingerprint density at radius 1 is 1.33 bits per heavy atom. The number of para-hydroxylation sites is 1. The molecule has 2 aliphatic heterocycles. The number of ether oxygens (including phenoxy) is 2. The Hall–Kier alpha value is -1.35. The van der Waals surface area contributed by atoms with Crippen LogP contribution in [-0.2, 0) is 16.0 Å². The zero-order valence-electron chi connectivity index (χ0n) is 10.9. The van der Waals surface area contributed by atoms with Crippen LogP contribution >= 0.6 is 0 Å². The predicted molar refractivity (Wildman–Crippen MR) is 67.8 cm³/mol. The molecule has 1 atom stereocenters. The minimum Gasteiger partial charge on any atom is -0.487 e. The summed E-state index contributed by atoms with van der Waals surface area (Å²) < 4.78 is 11.7. The largest absolute Gasteiger partial charge is 0.487 e. The Bertz CT molecular complexity index is 491. The second-order valence-corrected chi connectivity index (χ2v) is 5.73. The molecule has 2 aliphatic rings. The van der Waals surface area contributed by atoms with Crippen molar-refractivity contribution in [2.75, 3.05) is 6.61 Å². The summed E-state index contributed by atoms with van der Waals surface area (Å²) >= 11 is 0. The van der Waals surface area contributed by atoms with E-state index in [-0.39, 0.29) is 17.5 Å². The molecule has 3 heteroatoms. The Kier molecular flexibility index (Phi) is 2.67. The van der Waals surface area contributed by atoms with Gasteiger partial charge < -0.3 is 9.47 Å². The maximum Gasteiger partial charge on any atom is 0.138 e. The van der Waals surface area contributed by atoms with Crippen LogP contribution in [0.4, 0.5) is 0 Å². The van der Waals surface area contributed by atoms with Crippen LogP contribution in [0, 0.1) is 0 Å². The topological polar surface area (TPSA) is 35.5 Å². The van der Waals surface area contributed by atoms with Crippen molar-refractivity contribution in [2.24, 2.45) is 0 Å². The average molecular weight is 246 g/mol. The summed E-state index contributed by atoms with van der Waals surface area (Å²) in [6.45, 7) is 4.70. The number of ketones is 1. The molecule has 0 aromatic heterocycles. The summed E-state index contributed by atoms with van der Waals surface area (Å²) in [7, 11) is 0. The first-order valence-electron chi connectivity index (χ1n) is 6.49. The Morgan fingerprint density at radius 2 is 2.17 bits per heavy atom. The summed E-state index contributed by atoms with van der Waals surface area (Å²) in [6, 6.07) is 6.14. The van der Waals surface area contributed by atoms with Crippen molar-refractivity contribution in [2.45, 2.75) is 44.8 Å². The Balaban J connectivity index is 1.95. The van der Waals surface area contributed by atoms with Gasteiger partial charge in [0, 0.05) is 24.8 Å². The van der Waals surface area contributed by atoms with E-state index in [1.54, 1.807) is 0 Å². The van der Waals surface area contributed by atoms with Crippen molar-refractivity contribution in [1.82, 2.24) is 0 Å². The van der Waals surface area contributed by atoms with Crippen LogP contribution in [0.2, 0.25) is 0 Å². The van der Waals surface area contributed by atoms with E-state index in [4.69, 9.17) is 9.47 Å². The maximum absolute atomic E-state index is 11.6. The highest BCUT2D eigenvalue weighted by atomic mass is 16.5. The number of hydrogen-bond acceptors (Lipinski definition) is 3. The third kappa shape index (κ3) is 2.03. The van der Waals surface area contributed by atoms with Gasteiger partial charge in [0.15, 0.2) is 0 Å². The lowest BCUT2D eigenvalue weighted by molar-refractivity contribution is -0.128. The highest BCUT2D eigenvalue weighted by Gasteiger charge is 2.34. The maximum atomic E-state index is 11.6. The van der Waals surface area contributed by atoms with Crippen LogP contribution in [0.1, 0.15) is 43.9 Å². The molecule has 3 rings (SSSR count). The quantitative estimate of drug-likeness (QED) is 0.764. The van der Waals surface area contributed by atoms with E-state index in [0.29, 0.717) is 19.4 Å². The molecular weight excluding hydrogens is 228 g/mol. The van der Waals surface area contributed by atoms with Gasteiger partial charge in [-0.3, -0.25) is 4.79 Å². The minimum absolute atomic E-state index is 0.130. The fourth-order valence-corrected chi connectivity index (χ4v) is 2.78. The van der Waals surface area contributed by atoms with Crippen molar-refractivity contribution in [3.63, 3.8) is 0 Å². The van der Waals surface area contributed by atoms with Gasteiger partial charge in [-0.15, -0.1) is 0 Å². The van der Waals surface area contributed by atoms with E-state index < -0.39 is 0 Å². The van der Waals surface area contributed by atoms with Crippen molar-refractivity contribution in [3.05, 3.63) is 29.3 Å². The number of benzene rings is 1. The van der Waals surface area contributed by atoms with E-state index >= 15 is 0 Å². The monoisotopic (exact) mass is 246 g/mol. The van der Waals surface area contributed by atoms with E-state index in [0.717, 1.165) is 17.7 Å². The van der Waals surface area contributed by atoms with Gasteiger partial charge >= 0.3 is 0 Å². The van der Waals surface area contributed by atoms with E-state index in [1.807, 2.05) is 12.1 Å². The Labute approximate surface area is 107 Å². The first kappa shape index (κ1) is 11.7. The molecule has 0 aliphatic carbocycles. The molecule has 0 radical (unpaired) electrons. The van der Waals surface area contributed by atoms with Crippen LogP contribution in [0.15, 0.2) is 18.2 Å². The second kappa shape index (κ2) is 4.09. The summed E-state index contributed by atoms with van der Waals surface area (Å²) in [5.41, 5.74) is 2.10. The first-order chi connectivity index (χ1) is 8.55. The Morgan fingerprint density at radius 3 is 2.94 bits per heavy atom. The second-order valence-electron chi connectivity index (χ2n) is 5.73. The van der Waals surface area contributed by atoms with Crippen LogP contribution in [0.5, 0.6) is 5.75 Å². The molecule has 0 spiro atoms. The van der Waals surface area contributed by atoms with Gasteiger partial charge in [-0.25, -0.2) is 0 Å². The van der Waals surface area contributed by atoms with E-state index in [9.17, 15) is 4.79 Å². The zero-order chi connectivity index (χ0) is 12.8. The number of fused-ring (bicyclic) bond motifs is 1. The van der Waals surface area contributed by atoms with Gasteiger partial charge in [0.2, 0.25) is 0 Å². The molecule has 18 heavy (non-hydrogen) atoms. The van der Waals surface area contributed by atoms with Gasteiger partial charge in [-0.05, 0) is 19.4 Å². The molecule has 0 saturated carbocycles. The van der Waals surface area contributed by atoms with Crippen LogP contribution in [0.25, 0.3) is 0 Å². The smallest absolute Gasteiger partial charge is 0.138 e. The summed E-state index contributed by atoms with van der Waals surface area (Å²) in [5.74, 6) is 1.21. The van der Waals surface area contributed by atoms with Crippen molar-refractivity contribution >= 4 is 5.78 Å². The molecule has 1 aromatic carbocycles. The van der Waals surface area contributed by atoms with Crippen LogP contribution in [0.3, 0.4) is 0 Å². The van der Waals surface area contributed by atoms with E-state index in [2.05, 4.69) is 19.9 Å². The van der Waals surface area contributed by atoms with Crippen molar-refractivity contribution in [1.29, 1.82) is 0 Å². The number of rotatable bonds is 1. The van der Waals surface area contributed by atoms with Gasteiger partial charge in [0.05, 0.1) is 12.7 Å². The number of hydrogen-bond donors (Lipinski definition) is 0. The fraction of sp³-hybridized carbons (Fsp3) is 0.533. The molecule has 2 heterocycles. The van der Waals surface area contributed by atoms with Crippen molar-refractivity contribution < 1.29 is 14.3 Å². The standard InChI is InChI=1S/C15H18O3/c1-15(2)9-10-4-3-5-12(14(10)18-15)13-8-11(16)6-7-17-13/h3-5,13H,6-9H2,1-2H3. The number of carbonyl (C=O) groups excluding carboxylic acids is 1. The van der Waals surface area contributed by atoms with Gasteiger partial charge in [0.25, 0.3) is 0 Å². The van der Waals surface area contributed by atoms with Gasteiger partial charge in [0.1, 0.15) is 17.1 Å². The molecule has 0 bridgehead atoms. The minimum atomic E-state index is -0.156. The molecule has 3 nitrogen and oxygen atoms in total. The predicted octanol–water partition coefficient (Wildman–Crippen LogP) is 2.82. The lowest BCUT2D eigenvalue weighted by atomic mass is 9.96. The third-order valence-corrected chi connectivity index (χ3v) is 3.58. The van der Waals surface area contributed by atoms with Crippen molar-refractivity contribution in [3.8, 4) is 5.75 Å².